The summed E-state index contributed by atoms with van der Waals surface area (Å²) >= 11 is 0. The third kappa shape index (κ3) is 3.00. The summed E-state index contributed by atoms with van der Waals surface area (Å²) in [5, 5.41) is 3.06. The van der Waals surface area contributed by atoms with Crippen molar-refractivity contribution >= 4 is 17.1 Å². The van der Waals surface area contributed by atoms with E-state index in [0.717, 1.165) is 17.4 Å². The fourth-order valence-corrected chi connectivity index (χ4v) is 3.34. The Labute approximate surface area is 139 Å². The number of imidazole rings is 1. The highest BCUT2D eigenvalue weighted by Gasteiger charge is 2.17. The van der Waals surface area contributed by atoms with Crippen LogP contribution < -0.4 is 16.6 Å². The van der Waals surface area contributed by atoms with E-state index in [4.69, 9.17) is 0 Å². The van der Waals surface area contributed by atoms with Crippen molar-refractivity contribution in [2.24, 2.45) is 14.1 Å². The van der Waals surface area contributed by atoms with Crippen molar-refractivity contribution in [1.29, 1.82) is 0 Å². The minimum absolute atomic E-state index is 0.00889. The Morgan fingerprint density at radius 1 is 1.21 bits per heavy atom. The maximum atomic E-state index is 12.3. The van der Waals surface area contributed by atoms with E-state index >= 15 is 0 Å². The molecule has 0 aliphatic heterocycles. The van der Waals surface area contributed by atoms with Crippen molar-refractivity contribution < 1.29 is 4.79 Å². The van der Waals surface area contributed by atoms with Crippen LogP contribution in [-0.4, -0.2) is 30.6 Å². The van der Waals surface area contributed by atoms with Gasteiger partial charge in [0.1, 0.15) is 0 Å². The van der Waals surface area contributed by atoms with Gasteiger partial charge >= 0.3 is 5.69 Å². The molecule has 2 aromatic rings. The highest BCUT2D eigenvalue weighted by molar-refractivity contribution is 5.76. The molecule has 0 bridgehead atoms. The standard InChI is InChI=1S/C16H23N5O3/c1-19-14-13(15(23)20(2)16(19)24)21(10-17-14)9-8-12(22)18-11-6-4-3-5-7-11/h10-11H,3-9H2,1-2H3,(H,18,22). The predicted octanol–water partition coefficient (Wildman–Crippen LogP) is 0.273. The van der Waals surface area contributed by atoms with Gasteiger partial charge in [-0.15, -0.1) is 0 Å². The van der Waals surface area contributed by atoms with Gasteiger partial charge < -0.3 is 9.88 Å². The number of hydrogen-bond donors (Lipinski definition) is 1. The molecular weight excluding hydrogens is 310 g/mol. The molecule has 0 saturated heterocycles. The highest BCUT2D eigenvalue weighted by Crippen LogP contribution is 2.17. The zero-order valence-corrected chi connectivity index (χ0v) is 14.1. The predicted molar refractivity (Wildman–Crippen MR) is 89.8 cm³/mol. The molecule has 1 fully saturated rings. The van der Waals surface area contributed by atoms with Gasteiger partial charge in [0.05, 0.1) is 6.33 Å². The number of rotatable bonds is 4. The average Bonchev–Trinajstić information content (AvgIpc) is 3.01. The summed E-state index contributed by atoms with van der Waals surface area (Å²) in [6.07, 6.45) is 7.47. The van der Waals surface area contributed by atoms with Crippen LogP contribution in [0.1, 0.15) is 38.5 Å². The Bertz CT molecular complexity index is 870. The SMILES string of the molecule is Cn1c(=O)c2c(ncn2CCC(=O)NC2CCCCC2)n(C)c1=O. The van der Waals surface area contributed by atoms with E-state index in [9.17, 15) is 14.4 Å². The quantitative estimate of drug-likeness (QED) is 0.870. The summed E-state index contributed by atoms with van der Waals surface area (Å²) in [6, 6.07) is 0.277. The number of carbonyl (C=O) groups excluding carboxylic acids is 1. The minimum atomic E-state index is -0.409. The molecule has 8 nitrogen and oxygen atoms in total. The van der Waals surface area contributed by atoms with Crippen LogP contribution in [-0.2, 0) is 25.4 Å². The molecule has 0 aromatic carbocycles. The van der Waals surface area contributed by atoms with E-state index < -0.39 is 11.2 Å². The number of nitrogens with one attached hydrogen (secondary N) is 1. The van der Waals surface area contributed by atoms with Gasteiger partial charge in [0.15, 0.2) is 11.2 Å². The number of fused-ring (bicyclic) bond motifs is 1. The summed E-state index contributed by atoms with van der Waals surface area (Å²) < 4.78 is 4.05. The van der Waals surface area contributed by atoms with Gasteiger partial charge in [0, 0.05) is 33.1 Å². The van der Waals surface area contributed by atoms with Gasteiger partial charge in [-0.25, -0.2) is 9.78 Å². The van der Waals surface area contributed by atoms with Crippen LogP contribution in [0.3, 0.4) is 0 Å². The summed E-state index contributed by atoms with van der Waals surface area (Å²) in [7, 11) is 3.02. The second kappa shape index (κ2) is 6.62. The van der Waals surface area contributed by atoms with Crippen molar-refractivity contribution in [2.75, 3.05) is 0 Å². The van der Waals surface area contributed by atoms with Crippen LogP contribution >= 0.6 is 0 Å². The molecule has 1 aliphatic carbocycles. The molecule has 2 heterocycles. The lowest BCUT2D eigenvalue weighted by molar-refractivity contribution is -0.122. The molecule has 1 N–H and O–H groups in total. The molecule has 0 radical (unpaired) electrons. The highest BCUT2D eigenvalue weighted by atomic mass is 16.2. The van der Waals surface area contributed by atoms with Gasteiger partial charge in [0.2, 0.25) is 5.91 Å². The minimum Gasteiger partial charge on any atom is -0.353 e. The van der Waals surface area contributed by atoms with E-state index in [1.807, 2.05) is 0 Å². The molecule has 130 valence electrons. The van der Waals surface area contributed by atoms with Crippen molar-refractivity contribution in [3.05, 3.63) is 27.2 Å². The third-order valence-corrected chi connectivity index (χ3v) is 4.77. The number of hydrogen-bond acceptors (Lipinski definition) is 4. The smallest absolute Gasteiger partial charge is 0.332 e. The Morgan fingerprint density at radius 3 is 2.62 bits per heavy atom. The maximum absolute atomic E-state index is 12.3. The average molecular weight is 333 g/mol. The lowest BCUT2D eigenvalue weighted by Crippen LogP contribution is -2.38. The van der Waals surface area contributed by atoms with Crippen LogP contribution in [0.15, 0.2) is 15.9 Å². The number of amides is 1. The molecule has 0 unspecified atom stereocenters. The summed E-state index contributed by atoms with van der Waals surface area (Å²) in [5.41, 5.74) is -0.105. The van der Waals surface area contributed by atoms with Crippen LogP contribution in [0, 0.1) is 0 Å². The second-order valence-corrected chi connectivity index (χ2v) is 6.47. The van der Waals surface area contributed by atoms with Gasteiger partial charge in [0.25, 0.3) is 5.56 Å². The van der Waals surface area contributed by atoms with Crippen LogP contribution in [0.4, 0.5) is 0 Å². The molecule has 1 aliphatic rings. The summed E-state index contributed by atoms with van der Waals surface area (Å²) in [4.78, 5) is 40.5. The lowest BCUT2D eigenvalue weighted by Gasteiger charge is -2.22. The Kier molecular flexibility index (Phi) is 4.55. The maximum Gasteiger partial charge on any atom is 0.332 e. The molecule has 24 heavy (non-hydrogen) atoms. The number of aromatic nitrogens is 4. The molecule has 3 rings (SSSR count). The number of carbonyl (C=O) groups is 1. The Hall–Kier alpha value is -2.38. The van der Waals surface area contributed by atoms with Gasteiger partial charge in [-0.3, -0.25) is 18.7 Å². The normalized spacial score (nSPS) is 15.8. The number of aryl methyl sites for hydroxylation is 2. The zero-order valence-electron chi connectivity index (χ0n) is 14.1. The van der Waals surface area contributed by atoms with Gasteiger partial charge in [-0.05, 0) is 12.8 Å². The van der Waals surface area contributed by atoms with Crippen LogP contribution in [0.25, 0.3) is 11.2 Å². The fourth-order valence-electron chi connectivity index (χ4n) is 3.34. The summed E-state index contributed by atoms with van der Waals surface area (Å²) in [6.45, 7) is 0.364. The first-order valence-electron chi connectivity index (χ1n) is 8.39. The van der Waals surface area contributed by atoms with Crippen molar-refractivity contribution in [1.82, 2.24) is 24.0 Å². The Balaban J connectivity index is 1.75. The lowest BCUT2D eigenvalue weighted by atomic mass is 9.95. The second-order valence-electron chi connectivity index (χ2n) is 6.47. The fraction of sp³-hybridized carbons (Fsp3) is 0.625. The van der Waals surface area contributed by atoms with Crippen LogP contribution in [0.5, 0.6) is 0 Å². The van der Waals surface area contributed by atoms with E-state index in [1.54, 1.807) is 11.6 Å². The van der Waals surface area contributed by atoms with Gasteiger partial charge in [-0.2, -0.15) is 0 Å². The Morgan fingerprint density at radius 2 is 1.92 bits per heavy atom. The third-order valence-electron chi connectivity index (χ3n) is 4.77. The van der Waals surface area contributed by atoms with Crippen LogP contribution in [0.2, 0.25) is 0 Å². The zero-order chi connectivity index (χ0) is 17.3. The molecule has 0 atom stereocenters. The first-order valence-corrected chi connectivity index (χ1v) is 8.39. The first-order chi connectivity index (χ1) is 11.5. The number of nitrogens with zero attached hydrogens (tertiary/aromatic N) is 4. The van der Waals surface area contributed by atoms with Crippen molar-refractivity contribution in [3.63, 3.8) is 0 Å². The van der Waals surface area contributed by atoms with E-state index in [1.165, 1.54) is 37.2 Å². The monoisotopic (exact) mass is 333 g/mol. The molecule has 1 amide bonds. The molecule has 0 spiro atoms. The molecular formula is C16H23N5O3. The van der Waals surface area contributed by atoms with E-state index in [-0.39, 0.29) is 18.4 Å². The van der Waals surface area contributed by atoms with Crippen molar-refractivity contribution in [3.8, 4) is 0 Å². The van der Waals surface area contributed by atoms with E-state index in [2.05, 4.69) is 10.3 Å². The van der Waals surface area contributed by atoms with Gasteiger partial charge in [-0.1, -0.05) is 19.3 Å². The molecule has 2 aromatic heterocycles. The largest absolute Gasteiger partial charge is 0.353 e. The topological polar surface area (TPSA) is 90.9 Å². The first kappa shape index (κ1) is 16.5. The molecule has 8 heteroatoms. The molecule has 1 saturated carbocycles. The van der Waals surface area contributed by atoms with Crippen molar-refractivity contribution in [2.45, 2.75) is 51.1 Å². The summed E-state index contributed by atoms with van der Waals surface area (Å²) in [5.74, 6) is -0.00889. The van der Waals surface area contributed by atoms with E-state index in [0.29, 0.717) is 17.7 Å².